The fourth-order valence-corrected chi connectivity index (χ4v) is 4.09. The fourth-order valence-electron chi connectivity index (χ4n) is 4.09. The summed E-state index contributed by atoms with van der Waals surface area (Å²) in [6.07, 6.45) is 2.40. The quantitative estimate of drug-likeness (QED) is 0.803. The van der Waals surface area contributed by atoms with Gasteiger partial charge in [0.1, 0.15) is 0 Å². The number of amides is 1. The van der Waals surface area contributed by atoms with E-state index < -0.39 is 0 Å². The van der Waals surface area contributed by atoms with Crippen molar-refractivity contribution in [1.82, 2.24) is 4.90 Å². The molecule has 24 heavy (non-hydrogen) atoms. The van der Waals surface area contributed by atoms with E-state index in [0.717, 1.165) is 19.4 Å². The van der Waals surface area contributed by atoms with Crippen LogP contribution in [0.4, 0.5) is 0 Å². The van der Waals surface area contributed by atoms with Gasteiger partial charge in [-0.15, -0.1) is 0 Å². The predicted octanol–water partition coefficient (Wildman–Crippen LogP) is 4.69. The van der Waals surface area contributed by atoms with E-state index >= 15 is 0 Å². The van der Waals surface area contributed by atoms with E-state index in [1.54, 1.807) is 0 Å². The lowest BCUT2D eigenvalue weighted by Crippen LogP contribution is -2.38. The van der Waals surface area contributed by atoms with Crippen LogP contribution in [0.3, 0.4) is 0 Å². The largest absolute Gasteiger partial charge is 0.336 e. The van der Waals surface area contributed by atoms with Gasteiger partial charge in [0.25, 0.3) is 0 Å². The lowest BCUT2D eigenvalue weighted by atomic mass is 9.92. The highest BCUT2D eigenvalue weighted by molar-refractivity contribution is 5.77. The molecular weight excluding hydrogens is 294 g/mol. The topological polar surface area (TPSA) is 20.3 Å². The molecule has 1 amide bonds. The second-order valence-electron chi connectivity index (χ2n) is 7.09. The number of carbonyl (C=O) groups is 1. The number of rotatable bonds is 3. The number of aryl methyl sites for hydroxylation is 3. The van der Waals surface area contributed by atoms with Crippen LogP contribution < -0.4 is 0 Å². The van der Waals surface area contributed by atoms with Crippen LogP contribution in [0.15, 0.2) is 36.4 Å². The van der Waals surface area contributed by atoms with Crippen LogP contribution in [0.2, 0.25) is 0 Å². The van der Waals surface area contributed by atoms with Crippen molar-refractivity contribution in [2.24, 2.45) is 0 Å². The molecule has 1 aliphatic rings. The average molecular weight is 321 g/mol. The SMILES string of the molecule is Cc1cc(C)c(CCC(=O)N2CCc3ccccc3[C@@H]2C)c(C)c1. The third kappa shape index (κ3) is 3.24. The predicted molar refractivity (Wildman–Crippen MR) is 99.2 cm³/mol. The Balaban J connectivity index is 1.71. The van der Waals surface area contributed by atoms with Gasteiger partial charge in [0.2, 0.25) is 5.91 Å². The molecule has 2 aromatic carbocycles. The first kappa shape index (κ1) is 16.8. The normalized spacial score (nSPS) is 16.8. The van der Waals surface area contributed by atoms with Crippen molar-refractivity contribution >= 4 is 5.91 Å². The molecule has 0 saturated carbocycles. The van der Waals surface area contributed by atoms with Crippen molar-refractivity contribution in [1.29, 1.82) is 0 Å². The third-order valence-corrected chi connectivity index (χ3v) is 5.34. The summed E-state index contributed by atoms with van der Waals surface area (Å²) in [6, 6.07) is 13.1. The van der Waals surface area contributed by atoms with Crippen LogP contribution in [0.1, 0.15) is 52.8 Å². The molecule has 1 atom stereocenters. The minimum atomic E-state index is 0.183. The van der Waals surface area contributed by atoms with E-state index in [2.05, 4.69) is 69.0 Å². The molecule has 0 saturated heterocycles. The second kappa shape index (κ2) is 6.80. The van der Waals surface area contributed by atoms with Crippen LogP contribution in [0.25, 0.3) is 0 Å². The van der Waals surface area contributed by atoms with E-state index in [4.69, 9.17) is 0 Å². The van der Waals surface area contributed by atoms with Crippen molar-refractivity contribution in [2.75, 3.05) is 6.54 Å². The Hall–Kier alpha value is -2.09. The zero-order chi connectivity index (χ0) is 17.3. The standard InChI is InChI=1S/C22H27NO/c1-15-13-16(2)20(17(3)14-15)9-10-22(24)23-12-11-19-7-5-6-8-21(19)18(23)4/h5-8,13-14,18H,9-12H2,1-4H3/t18-/m0/s1. The van der Waals surface area contributed by atoms with Gasteiger partial charge in [-0.1, -0.05) is 42.0 Å². The minimum Gasteiger partial charge on any atom is -0.336 e. The summed E-state index contributed by atoms with van der Waals surface area (Å²) in [5, 5.41) is 0. The molecule has 3 rings (SSSR count). The second-order valence-corrected chi connectivity index (χ2v) is 7.09. The molecule has 126 valence electrons. The number of hydrogen-bond donors (Lipinski definition) is 0. The van der Waals surface area contributed by atoms with Crippen LogP contribution in [-0.2, 0) is 17.6 Å². The molecule has 2 heteroatoms. The van der Waals surface area contributed by atoms with Gasteiger partial charge in [-0.25, -0.2) is 0 Å². The van der Waals surface area contributed by atoms with Gasteiger partial charge in [-0.2, -0.15) is 0 Å². The first-order valence-electron chi connectivity index (χ1n) is 8.91. The molecule has 0 bridgehead atoms. The smallest absolute Gasteiger partial charge is 0.223 e. The van der Waals surface area contributed by atoms with E-state index in [-0.39, 0.29) is 11.9 Å². The Morgan fingerprint density at radius 2 is 1.79 bits per heavy atom. The average Bonchev–Trinajstić information content (AvgIpc) is 2.54. The molecule has 0 fully saturated rings. The maximum absolute atomic E-state index is 12.8. The molecule has 0 aromatic heterocycles. The van der Waals surface area contributed by atoms with Crippen LogP contribution >= 0.6 is 0 Å². The Bertz CT molecular complexity index is 739. The summed E-state index contributed by atoms with van der Waals surface area (Å²) >= 11 is 0. The molecule has 2 aromatic rings. The Morgan fingerprint density at radius 3 is 2.50 bits per heavy atom. The molecular formula is C22H27NO. The molecule has 0 aliphatic carbocycles. The first-order chi connectivity index (χ1) is 11.5. The van der Waals surface area contributed by atoms with Gasteiger partial charge in [-0.05, 0) is 68.4 Å². The van der Waals surface area contributed by atoms with Gasteiger partial charge in [0.15, 0.2) is 0 Å². The van der Waals surface area contributed by atoms with Crippen molar-refractivity contribution in [3.05, 3.63) is 69.8 Å². The Labute approximate surface area is 145 Å². The van der Waals surface area contributed by atoms with Gasteiger partial charge in [0.05, 0.1) is 6.04 Å². The van der Waals surface area contributed by atoms with Crippen molar-refractivity contribution < 1.29 is 4.79 Å². The number of nitrogens with zero attached hydrogens (tertiary/aromatic N) is 1. The highest BCUT2D eigenvalue weighted by Crippen LogP contribution is 2.30. The molecule has 1 heterocycles. The van der Waals surface area contributed by atoms with E-state index in [1.807, 2.05) is 0 Å². The lowest BCUT2D eigenvalue weighted by molar-refractivity contribution is -0.133. The summed E-state index contributed by atoms with van der Waals surface area (Å²) < 4.78 is 0. The Morgan fingerprint density at radius 1 is 1.12 bits per heavy atom. The van der Waals surface area contributed by atoms with Crippen molar-refractivity contribution in [2.45, 2.75) is 53.0 Å². The molecule has 0 spiro atoms. The van der Waals surface area contributed by atoms with Crippen LogP contribution in [-0.4, -0.2) is 17.4 Å². The summed E-state index contributed by atoms with van der Waals surface area (Å²) in [4.78, 5) is 14.9. The molecule has 0 N–H and O–H groups in total. The lowest BCUT2D eigenvalue weighted by Gasteiger charge is -2.35. The van der Waals surface area contributed by atoms with Crippen LogP contribution in [0, 0.1) is 20.8 Å². The van der Waals surface area contributed by atoms with Gasteiger partial charge in [-0.3, -0.25) is 4.79 Å². The zero-order valence-electron chi connectivity index (χ0n) is 15.2. The number of carbonyl (C=O) groups excluding carboxylic acids is 1. The number of benzene rings is 2. The maximum atomic E-state index is 12.8. The minimum absolute atomic E-state index is 0.183. The Kier molecular flexibility index (Phi) is 4.75. The van der Waals surface area contributed by atoms with Gasteiger partial charge in [0, 0.05) is 13.0 Å². The summed E-state index contributed by atoms with van der Waals surface area (Å²) in [6.45, 7) is 9.42. The van der Waals surface area contributed by atoms with E-state index in [0.29, 0.717) is 6.42 Å². The van der Waals surface area contributed by atoms with Crippen LogP contribution in [0.5, 0.6) is 0 Å². The summed E-state index contributed by atoms with van der Waals surface area (Å²) in [7, 11) is 0. The molecule has 0 radical (unpaired) electrons. The van der Waals surface area contributed by atoms with E-state index in [1.165, 1.54) is 33.4 Å². The van der Waals surface area contributed by atoms with Gasteiger partial charge < -0.3 is 4.90 Å². The number of fused-ring (bicyclic) bond motifs is 1. The molecule has 0 unspecified atom stereocenters. The highest BCUT2D eigenvalue weighted by atomic mass is 16.2. The van der Waals surface area contributed by atoms with E-state index in [9.17, 15) is 4.79 Å². The zero-order valence-corrected chi connectivity index (χ0v) is 15.2. The molecule has 2 nitrogen and oxygen atoms in total. The first-order valence-corrected chi connectivity index (χ1v) is 8.91. The summed E-state index contributed by atoms with van der Waals surface area (Å²) in [5.41, 5.74) is 7.93. The monoisotopic (exact) mass is 321 g/mol. The maximum Gasteiger partial charge on any atom is 0.223 e. The highest BCUT2D eigenvalue weighted by Gasteiger charge is 2.26. The third-order valence-electron chi connectivity index (χ3n) is 5.34. The van der Waals surface area contributed by atoms with Gasteiger partial charge >= 0.3 is 0 Å². The van der Waals surface area contributed by atoms with Crippen molar-refractivity contribution in [3.63, 3.8) is 0 Å². The van der Waals surface area contributed by atoms with Crippen molar-refractivity contribution in [3.8, 4) is 0 Å². The summed E-state index contributed by atoms with van der Waals surface area (Å²) in [5.74, 6) is 0.274. The number of hydrogen-bond acceptors (Lipinski definition) is 1. The fraction of sp³-hybridized carbons (Fsp3) is 0.409. The molecule has 1 aliphatic heterocycles.